The molecular formula is C7H5F3N2O3S. The maximum Gasteiger partial charge on any atom is 0.433 e. The molecule has 0 spiro atoms. The van der Waals surface area contributed by atoms with Crippen molar-refractivity contribution >= 4 is 17.4 Å². The predicted molar refractivity (Wildman–Crippen MR) is 46.9 cm³/mol. The molecule has 1 aromatic heterocycles. The van der Waals surface area contributed by atoms with E-state index in [-0.39, 0.29) is 6.29 Å². The van der Waals surface area contributed by atoms with Crippen molar-refractivity contribution < 1.29 is 26.7 Å². The van der Waals surface area contributed by atoms with Gasteiger partial charge in [-0.3, -0.25) is 4.79 Å². The monoisotopic (exact) mass is 254 g/mol. The van der Waals surface area contributed by atoms with E-state index < -0.39 is 40.2 Å². The number of alkyl halides is 3. The van der Waals surface area contributed by atoms with Gasteiger partial charge in [0.2, 0.25) is 0 Å². The molecule has 0 saturated carbocycles. The van der Waals surface area contributed by atoms with E-state index in [1.165, 1.54) is 0 Å². The molecule has 5 nitrogen and oxygen atoms in total. The Morgan fingerprint density at radius 2 is 2.06 bits per heavy atom. The van der Waals surface area contributed by atoms with E-state index in [4.69, 9.17) is 4.55 Å². The summed E-state index contributed by atoms with van der Waals surface area (Å²) in [7, 11) is 0. The lowest BCUT2D eigenvalue weighted by Crippen LogP contribution is -2.13. The summed E-state index contributed by atoms with van der Waals surface area (Å²) >= 11 is -2.37. The first-order chi connectivity index (χ1) is 7.32. The van der Waals surface area contributed by atoms with E-state index in [1.807, 2.05) is 0 Å². The number of carbonyl (C=O) groups excluding carboxylic acids is 1. The molecule has 88 valence electrons. The van der Waals surface area contributed by atoms with Crippen molar-refractivity contribution in [3.63, 3.8) is 0 Å². The second-order valence-corrected chi connectivity index (χ2v) is 3.61. The zero-order chi connectivity index (χ0) is 12.3. The number of halogens is 3. The fourth-order valence-corrected chi connectivity index (χ4v) is 1.25. The molecule has 1 rings (SSSR count). The van der Waals surface area contributed by atoms with Crippen LogP contribution in [0.3, 0.4) is 0 Å². The average molecular weight is 254 g/mol. The molecule has 0 aromatic carbocycles. The fraction of sp³-hybridized carbons (Fsp3) is 0.286. The maximum atomic E-state index is 12.3. The van der Waals surface area contributed by atoms with Gasteiger partial charge in [0.05, 0.1) is 0 Å². The van der Waals surface area contributed by atoms with Crippen LogP contribution in [-0.4, -0.2) is 25.0 Å². The van der Waals surface area contributed by atoms with Gasteiger partial charge < -0.3 is 4.55 Å². The third-order valence-corrected chi connectivity index (χ3v) is 1.96. The molecule has 0 saturated heterocycles. The molecule has 1 unspecified atom stereocenters. The van der Waals surface area contributed by atoms with Gasteiger partial charge in [-0.25, -0.2) is 14.2 Å². The quantitative estimate of drug-likeness (QED) is 0.643. The lowest BCUT2D eigenvalue weighted by atomic mass is 10.3. The summed E-state index contributed by atoms with van der Waals surface area (Å²) in [6.45, 7) is 0. The van der Waals surface area contributed by atoms with Crippen molar-refractivity contribution in [1.29, 1.82) is 0 Å². The van der Waals surface area contributed by atoms with Crippen LogP contribution in [0.1, 0.15) is 22.0 Å². The highest BCUT2D eigenvalue weighted by Crippen LogP contribution is 2.27. The van der Waals surface area contributed by atoms with Crippen LogP contribution in [0.5, 0.6) is 0 Å². The lowest BCUT2D eigenvalue weighted by Gasteiger charge is -2.07. The highest BCUT2D eigenvalue weighted by Gasteiger charge is 2.33. The zero-order valence-corrected chi connectivity index (χ0v) is 8.38. The van der Waals surface area contributed by atoms with Gasteiger partial charge in [-0.1, -0.05) is 0 Å². The van der Waals surface area contributed by atoms with Crippen molar-refractivity contribution in [1.82, 2.24) is 9.97 Å². The van der Waals surface area contributed by atoms with Gasteiger partial charge in [0.1, 0.15) is 23.0 Å². The number of rotatable bonds is 3. The van der Waals surface area contributed by atoms with E-state index in [0.29, 0.717) is 6.07 Å². The van der Waals surface area contributed by atoms with Gasteiger partial charge in [0, 0.05) is 0 Å². The minimum absolute atomic E-state index is 0.112. The summed E-state index contributed by atoms with van der Waals surface area (Å²) < 4.78 is 55.7. The summed E-state index contributed by atoms with van der Waals surface area (Å²) in [5.74, 6) is -1.16. The van der Waals surface area contributed by atoms with Crippen LogP contribution in [-0.2, 0) is 23.0 Å². The summed E-state index contributed by atoms with van der Waals surface area (Å²) in [6.07, 6.45) is -4.62. The second kappa shape index (κ2) is 4.66. The summed E-state index contributed by atoms with van der Waals surface area (Å²) in [6, 6.07) is 0.469. The molecule has 1 heterocycles. The molecule has 0 aliphatic rings. The van der Waals surface area contributed by atoms with Crippen LogP contribution in [0, 0.1) is 0 Å². The molecule has 0 amide bonds. The topological polar surface area (TPSA) is 80.2 Å². The van der Waals surface area contributed by atoms with Crippen LogP contribution < -0.4 is 0 Å². The lowest BCUT2D eigenvalue weighted by molar-refractivity contribution is -0.141. The number of aldehydes is 1. The average Bonchev–Trinajstić information content (AvgIpc) is 2.14. The summed E-state index contributed by atoms with van der Waals surface area (Å²) in [5, 5.41) is 0. The molecular weight excluding hydrogens is 249 g/mol. The molecule has 0 fully saturated rings. The Bertz CT molecular complexity index is 435. The normalized spacial score (nSPS) is 13.5. The smallest absolute Gasteiger partial charge is 0.306 e. The van der Waals surface area contributed by atoms with E-state index in [9.17, 15) is 22.2 Å². The van der Waals surface area contributed by atoms with Crippen LogP contribution in [0.25, 0.3) is 0 Å². The minimum Gasteiger partial charge on any atom is -0.306 e. The van der Waals surface area contributed by atoms with Crippen molar-refractivity contribution in [2.24, 2.45) is 0 Å². The van der Waals surface area contributed by atoms with Crippen LogP contribution in [0.15, 0.2) is 6.07 Å². The number of nitrogens with zero attached hydrogens (tertiary/aromatic N) is 2. The zero-order valence-electron chi connectivity index (χ0n) is 7.56. The maximum absolute atomic E-state index is 12.3. The molecule has 0 radical (unpaired) electrons. The van der Waals surface area contributed by atoms with Gasteiger partial charge in [0.15, 0.2) is 17.4 Å². The number of carbonyl (C=O) groups is 1. The Hall–Kier alpha value is -1.35. The van der Waals surface area contributed by atoms with Crippen molar-refractivity contribution in [2.45, 2.75) is 11.9 Å². The third-order valence-electron chi connectivity index (χ3n) is 1.46. The Morgan fingerprint density at radius 1 is 1.44 bits per heavy atom. The molecule has 1 N–H and O–H groups in total. The van der Waals surface area contributed by atoms with Gasteiger partial charge in [-0.15, -0.1) is 0 Å². The first-order valence-corrected chi connectivity index (χ1v) is 5.08. The number of aromatic nitrogens is 2. The van der Waals surface area contributed by atoms with E-state index in [0.717, 1.165) is 0 Å². The minimum atomic E-state index is -4.73. The molecule has 0 aliphatic heterocycles. The number of hydrogen-bond acceptors (Lipinski definition) is 4. The van der Waals surface area contributed by atoms with Crippen molar-refractivity contribution in [3.8, 4) is 0 Å². The Kier molecular flexibility index (Phi) is 3.70. The van der Waals surface area contributed by atoms with Crippen LogP contribution in [0.2, 0.25) is 0 Å². The largest absolute Gasteiger partial charge is 0.433 e. The highest BCUT2D eigenvalue weighted by atomic mass is 32.2. The van der Waals surface area contributed by atoms with Gasteiger partial charge in [0.25, 0.3) is 0 Å². The van der Waals surface area contributed by atoms with Crippen molar-refractivity contribution in [3.05, 3.63) is 23.3 Å². The molecule has 16 heavy (non-hydrogen) atoms. The Labute approximate surface area is 90.0 Å². The van der Waals surface area contributed by atoms with Crippen LogP contribution >= 0.6 is 0 Å². The first-order valence-electron chi connectivity index (χ1n) is 3.80. The molecule has 1 aromatic rings. The van der Waals surface area contributed by atoms with Gasteiger partial charge in [-0.05, 0) is 6.07 Å². The second-order valence-electron chi connectivity index (χ2n) is 2.68. The van der Waals surface area contributed by atoms with Gasteiger partial charge >= 0.3 is 6.18 Å². The van der Waals surface area contributed by atoms with E-state index in [2.05, 4.69) is 9.97 Å². The molecule has 0 aliphatic carbocycles. The third kappa shape index (κ3) is 3.35. The summed E-state index contributed by atoms with van der Waals surface area (Å²) in [5.41, 5.74) is -1.80. The SMILES string of the molecule is O=Cc1cc(C(F)(F)F)nc(CS(=O)O)n1. The predicted octanol–water partition coefficient (Wildman–Crippen LogP) is 1.03. The van der Waals surface area contributed by atoms with Gasteiger partial charge in [-0.2, -0.15) is 13.2 Å². The van der Waals surface area contributed by atoms with E-state index in [1.54, 1.807) is 0 Å². The van der Waals surface area contributed by atoms with Crippen LogP contribution in [0.4, 0.5) is 13.2 Å². The van der Waals surface area contributed by atoms with E-state index >= 15 is 0 Å². The Morgan fingerprint density at radius 3 is 2.50 bits per heavy atom. The van der Waals surface area contributed by atoms with Crippen molar-refractivity contribution in [2.75, 3.05) is 0 Å². The first kappa shape index (κ1) is 12.7. The molecule has 0 bridgehead atoms. The molecule has 9 heteroatoms. The Balaban J connectivity index is 3.21. The highest BCUT2D eigenvalue weighted by molar-refractivity contribution is 7.78. The number of hydrogen-bond donors (Lipinski definition) is 1. The fourth-order valence-electron chi connectivity index (χ4n) is 0.898. The molecule has 1 atom stereocenters. The standard InChI is InChI=1S/C7H5F3N2O3S/c8-7(9,10)5-1-4(2-13)11-6(12-5)3-16(14)15/h1-2H,3H2,(H,14,15). The summed E-state index contributed by atoms with van der Waals surface area (Å²) in [4.78, 5) is 16.7.